The number of carbonyl (C=O) groups is 1. The lowest BCUT2D eigenvalue weighted by molar-refractivity contribution is 0.101. The Morgan fingerprint density at radius 2 is 2.32 bits per heavy atom. The summed E-state index contributed by atoms with van der Waals surface area (Å²) >= 11 is 1.62. The maximum Gasteiger partial charge on any atom is 0.277 e. The van der Waals surface area contributed by atoms with Gasteiger partial charge in [-0.25, -0.2) is 4.68 Å². The van der Waals surface area contributed by atoms with Crippen LogP contribution in [0.25, 0.3) is 0 Å². The number of thiophene rings is 1. The maximum atomic E-state index is 12.5. The van der Waals surface area contributed by atoms with Crippen LogP contribution in [0, 0.1) is 0 Å². The molecule has 4 rings (SSSR count). The Kier molecular flexibility index (Phi) is 4.21. The molecule has 128 valence electrons. The van der Waals surface area contributed by atoms with Crippen molar-refractivity contribution in [2.75, 3.05) is 11.9 Å². The number of nitrogens with zero attached hydrogens (tertiary/aromatic N) is 3. The third-order valence-electron chi connectivity index (χ3n) is 3.96. The number of hydrogen-bond donors (Lipinski definition) is 2. The third kappa shape index (κ3) is 3.26. The minimum atomic E-state index is -0.577. The van der Waals surface area contributed by atoms with Gasteiger partial charge in [0.1, 0.15) is 5.75 Å². The number of aliphatic hydroxyl groups excluding tert-OH is 1. The van der Waals surface area contributed by atoms with E-state index in [1.54, 1.807) is 40.4 Å². The standard InChI is InChI=1S/C17H16N4O3S/c22-15-6-7-24-16-12(15)4-1-5-13(16)18-17(23)14-10-21(20-19-14)9-11-3-2-8-25-11/h1-5,8,10,15,22H,6-7,9H2,(H,18,23). The number of anilines is 1. The number of rotatable bonds is 4. The highest BCUT2D eigenvalue weighted by molar-refractivity contribution is 7.09. The Hall–Kier alpha value is -2.71. The number of fused-ring (bicyclic) bond motifs is 1. The second kappa shape index (κ2) is 6.66. The predicted octanol–water partition coefficient (Wildman–Crippen LogP) is 2.46. The van der Waals surface area contributed by atoms with Crippen molar-refractivity contribution in [2.24, 2.45) is 0 Å². The van der Waals surface area contributed by atoms with E-state index in [4.69, 9.17) is 4.74 Å². The fraction of sp³-hybridized carbons (Fsp3) is 0.235. The van der Waals surface area contributed by atoms with E-state index in [1.807, 2.05) is 17.5 Å². The molecule has 7 nitrogen and oxygen atoms in total. The van der Waals surface area contributed by atoms with E-state index in [2.05, 4.69) is 15.6 Å². The smallest absolute Gasteiger partial charge is 0.277 e. The van der Waals surface area contributed by atoms with Crippen LogP contribution in [-0.2, 0) is 6.54 Å². The highest BCUT2D eigenvalue weighted by Gasteiger charge is 2.23. The van der Waals surface area contributed by atoms with Gasteiger partial charge in [0.05, 0.1) is 31.1 Å². The van der Waals surface area contributed by atoms with E-state index < -0.39 is 6.10 Å². The van der Waals surface area contributed by atoms with E-state index in [1.165, 1.54) is 0 Å². The van der Waals surface area contributed by atoms with Crippen LogP contribution in [0.4, 0.5) is 5.69 Å². The monoisotopic (exact) mass is 356 g/mol. The van der Waals surface area contributed by atoms with E-state index in [0.29, 0.717) is 36.6 Å². The van der Waals surface area contributed by atoms with Crippen molar-refractivity contribution in [3.05, 3.63) is 58.0 Å². The van der Waals surface area contributed by atoms with Crippen molar-refractivity contribution in [1.82, 2.24) is 15.0 Å². The average molecular weight is 356 g/mol. The van der Waals surface area contributed by atoms with Crippen LogP contribution in [0.5, 0.6) is 5.75 Å². The first-order valence-electron chi connectivity index (χ1n) is 7.88. The third-order valence-corrected chi connectivity index (χ3v) is 4.82. The average Bonchev–Trinajstić information content (AvgIpc) is 3.28. The minimum absolute atomic E-state index is 0.227. The van der Waals surface area contributed by atoms with Gasteiger partial charge in [-0.3, -0.25) is 4.79 Å². The van der Waals surface area contributed by atoms with Gasteiger partial charge in [-0.2, -0.15) is 0 Å². The molecule has 0 spiro atoms. The summed E-state index contributed by atoms with van der Waals surface area (Å²) < 4.78 is 7.25. The summed E-state index contributed by atoms with van der Waals surface area (Å²) in [4.78, 5) is 13.6. The normalized spacial score (nSPS) is 16.1. The lowest BCUT2D eigenvalue weighted by Gasteiger charge is -2.24. The SMILES string of the molecule is O=C(Nc1cccc2c1OCCC2O)c1cn(Cc2cccs2)nn1. The summed E-state index contributed by atoms with van der Waals surface area (Å²) in [6.45, 7) is 0.992. The van der Waals surface area contributed by atoms with E-state index in [-0.39, 0.29) is 11.6 Å². The lowest BCUT2D eigenvalue weighted by atomic mass is 10.0. The highest BCUT2D eigenvalue weighted by atomic mass is 32.1. The number of carbonyl (C=O) groups excluding carboxylic acids is 1. The molecule has 0 radical (unpaired) electrons. The van der Waals surface area contributed by atoms with Gasteiger partial charge in [-0.15, -0.1) is 16.4 Å². The molecule has 2 aromatic heterocycles. The summed E-state index contributed by atoms with van der Waals surface area (Å²) in [6, 6.07) is 9.29. The number of para-hydroxylation sites is 1. The molecule has 1 aliphatic rings. The molecule has 0 aliphatic carbocycles. The predicted molar refractivity (Wildman–Crippen MR) is 92.9 cm³/mol. The molecule has 0 fully saturated rings. The van der Waals surface area contributed by atoms with Crippen LogP contribution in [0.2, 0.25) is 0 Å². The molecule has 2 N–H and O–H groups in total. The number of ether oxygens (including phenoxy) is 1. The molecule has 3 aromatic rings. The second-order valence-electron chi connectivity index (χ2n) is 5.71. The summed E-state index contributed by atoms with van der Waals surface area (Å²) in [5, 5.41) is 22.8. The molecule has 1 aliphatic heterocycles. The van der Waals surface area contributed by atoms with Crippen LogP contribution in [0.3, 0.4) is 0 Å². The van der Waals surface area contributed by atoms with Crippen molar-refractivity contribution >= 4 is 22.9 Å². The van der Waals surface area contributed by atoms with Crippen LogP contribution < -0.4 is 10.1 Å². The Bertz CT molecular complexity index is 891. The van der Waals surface area contributed by atoms with Crippen LogP contribution in [-0.4, -0.2) is 32.6 Å². The molecule has 8 heteroatoms. The zero-order chi connectivity index (χ0) is 17.2. The molecule has 1 unspecified atom stereocenters. The van der Waals surface area contributed by atoms with Gasteiger partial charge >= 0.3 is 0 Å². The number of aromatic nitrogens is 3. The highest BCUT2D eigenvalue weighted by Crippen LogP contribution is 2.37. The van der Waals surface area contributed by atoms with Crippen molar-refractivity contribution < 1.29 is 14.6 Å². The molecule has 0 saturated carbocycles. The van der Waals surface area contributed by atoms with Gasteiger partial charge in [0.2, 0.25) is 0 Å². The number of benzene rings is 1. The summed E-state index contributed by atoms with van der Waals surface area (Å²) in [5.41, 5.74) is 1.44. The number of aliphatic hydroxyl groups is 1. The molecular weight excluding hydrogens is 340 g/mol. The first-order chi connectivity index (χ1) is 12.2. The number of nitrogens with one attached hydrogen (secondary N) is 1. The van der Waals surface area contributed by atoms with Crippen LogP contribution in [0.15, 0.2) is 41.9 Å². The van der Waals surface area contributed by atoms with Crippen molar-refractivity contribution in [3.63, 3.8) is 0 Å². The molecule has 0 bridgehead atoms. The van der Waals surface area contributed by atoms with Gasteiger partial charge in [0.15, 0.2) is 5.69 Å². The van der Waals surface area contributed by atoms with E-state index in [9.17, 15) is 9.90 Å². The molecule has 1 atom stereocenters. The Morgan fingerprint density at radius 3 is 3.16 bits per heavy atom. The van der Waals surface area contributed by atoms with Gasteiger partial charge in [-0.1, -0.05) is 23.4 Å². The van der Waals surface area contributed by atoms with E-state index in [0.717, 1.165) is 4.88 Å². The van der Waals surface area contributed by atoms with Gasteiger partial charge in [0, 0.05) is 16.9 Å². The lowest BCUT2D eigenvalue weighted by Crippen LogP contribution is -2.18. The fourth-order valence-corrected chi connectivity index (χ4v) is 3.43. The topological polar surface area (TPSA) is 89.3 Å². The van der Waals surface area contributed by atoms with Crippen molar-refractivity contribution in [2.45, 2.75) is 19.1 Å². The molecule has 1 amide bonds. The largest absolute Gasteiger partial charge is 0.491 e. The molecule has 0 saturated heterocycles. The minimum Gasteiger partial charge on any atom is -0.491 e. The first-order valence-corrected chi connectivity index (χ1v) is 8.76. The number of hydrogen-bond acceptors (Lipinski definition) is 6. The Balaban J connectivity index is 1.51. The zero-order valence-corrected chi connectivity index (χ0v) is 14.1. The number of amides is 1. The van der Waals surface area contributed by atoms with Gasteiger partial charge in [0.25, 0.3) is 5.91 Å². The summed E-state index contributed by atoms with van der Waals surface area (Å²) in [5.74, 6) is 0.148. The summed E-state index contributed by atoms with van der Waals surface area (Å²) in [7, 11) is 0. The quantitative estimate of drug-likeness (QED) is 0.749. The maximum absolute atomic E-state index is 12.5. The van der Waals surface area contributed by atoms with Crippen molar-refractivity contribution in [1.29, 1.82) is 0 Å². The van der Waals surface area contributed by atoms with Crippen LogP contribution >= 0.6 is 11.3 Å². The van der Waals surface area contributed by atoms with Crippen LogP contribution in [0.1, 0.15) is 33.5 Å². The first kappa shape index (κ1) is 15.8. The van der Waals surface area contributed by atoms with Crippen molar-refractivity contribution in [3.8, 4) is 5.75 Å². The molecular formula is C17H16N4O3S. The molecule has 3 heterocycles. The van der Waals surface area contributed by atoms with Gasteiger partial charge in [-0.05, 0) is 17.5 Å². The van der Waals surface area contributed by atoms with Gasteiger partial charge < -0.3 is 15.2 Å². The zero-order valence-electron chi connectivity index (χ0n) is 13.3. The molecule has 1 aromatic carbocycles. The van der Waals surface area contributed by atoms with E-state index >= 15 is 0 Å². The fourth-order valence-electron chi connectivity index (χ4n) is 2.73. The molecule has 25 heavy (non-hydrogen) atoms. The Morgan fingerprint density at radius 1 is 1.40 bits per heavy atom. The second-order valence-corrected chi connectivity index (χ2v) is 6.74. The Labute approximate surface area is 147 Å². The summed E-state index contributed by atoms with van der Waals surface area (Å²) in [6.07, 6.45) is 1.58.